The SMILES string of the molecule is CCOP(=O)(OCC)C1CC(=NO)C1. The summed E-state index contributed by atoms with van der Waals surface area (Å²) in [6, 6.07) is 0. The molecular formula is C8H16NO4P. The van der Waals surface area contributed by atoms with Crippen molar-refractivity contribution in [3.8, 4) is 0 Å². The van der Waals surface area contributed by atoms with Gasteiger partial charge in [0.2, 0.25) is 0 Å². The van der Waals surface area contributed by atoms with Gasteiger partial charge in [0.1, 0.15) is 0 Å². The highest BCUT2D eigenvalue weighted by atomic mass is 31.2. The Bertz CT molecular complexity index is 248. The number of nitrogens with zero attached hydrogens (tertiary/aromatic N) is 1. The molecule has 1 N–H and O–H groups in total. The third-order valence-electron chi connectivity index (χ3n) is 2.15. The van der Waals surface area contributed by atoms with Crippen LogP contribution in [0, 0.1) is 0 Å². The molecule has 0 aromatic heterocycles. The van der Waals surface area contributed by atoms with E-state index in [9.17, 15) is 4.57 Å². The molecule has 6 heteroatoms. The van der Waals surface area contributed by atoms with Gasteiger partial charge in [-0.3, -0.25) is 4.57 Å². The van der Waals surface area contributed by atoms with E-state index < -0.39 is 7.60 Å². The summed E-state index contributed by atoms with van der Waals surface area (Å²) in [5.74, 6) is 0. The second-order valence-electron chi connectivity index (χ2n) is 3.10. The molecule has 0 atom stereocenters. The van der Waals surface area contributed by atoms with E-state index in [4.69, 9.17) is 14.3 Å². The molecule has 1 fully saturated rings. The topological polar surface area (TPSA) is 68.1 Å². The van der Waals surface area contributed by atoms with Crippen LogP contribution < -0.4 is 0 Å². The Labute approximate surface area is 83.6 Å². The van der Waals surface area contributed by atoms with Crippen LogP contribution in [-0.4, -0.2) is 29.8 Å². The van der Waals surface area contributed by atoms with E-state index in [2.05, 4.69) is 5.16 Å². The predicted molar refractivity (Wildman–Crippen MR) is 53.1 cm³/mol. The van der Waals surface area contributed by atoms with Gasteiger partial charge in [-0.25, -0.2) is 0 Å². The predicted octanol–water partition coefficient (Wildman–Crippen LogP) is 2.25. The minimum Gasteiger partial charge on any atom is -0.411 e. The third kappa shape index (κ3) is 2.35. The highest BCUT2D eigenvalue weighted by Crippen LogP contribution is 2.58. The van der Waals surface area contributed by atoms with E-state index in [1.807, 2.05) is 0 Å². The summed E-state index contributed by atoms with van der Waals surface area (Å²) in [7, 11) is -2.97. The van der Waals surface area contributed by atoms with Crippen LogP contribution in [-0.2, 0) is 13.6 Å². The van der Waals surface area contributed by atoms with Gasteiger partial charge in [0, 0.05) is 12.8 Å². The zero-order valence-corrected chi connectivity index (χ0v) is 9.37. The number of hydrogen-bond donors (Lipinski definition) is 1. The van der Waals surface area contributed by atoms with Gasteiger partial charge >= 0.3 is 7.60 Å². The van der Waals surface area contributed by atoms with Gasteiger partial charge in [0.05, 0.1) is 24.6 Å². The molecule has 0 saturated heterocycles. The van der Waals surface area contributed by atoms with Crippen LogP contribution >= 0.6 is 7.60 Å². The molecule has 82 valence electrons. The molecule has 0 amide bonds. The van der Waals surface area contributed by atoms with Crippen LogP contribution in [0.15, 0.2) is 5.16 Å². The fraction of sp³-hybridized carbons (Fsp3) is 0.875. The van der Waals surface area contributed by atoms with Crippen molar-refractivity contribution in [1.29, 1.82) is 0 Å². The van der Waals surface area contributed by atoms with E-state index in [0.29, 0.717) is 31.8 Å². The summed E-state index contributed by atoms with van der Waals surface area (Å²) >= 11 is 0. The minimum absolute atomic E-state index is 0.131. The Morgan fingerprint density at radius 2 is 1.93 bits per heavy atom. The second-order valence-corrected chi connectivity index (χ2v) is 5.43. The Kier molecular flexibility index (Phi) is 4.11. The Morgan fingerprint density at radius 1 is 1.43 bits per heavy atom. The number of rotatable bonds is 5. The van der Waals surface area contributed by atoms with E-state index >= 15 is 0 Å². The van der Waals surface area contributed by atoms with Gasteiger partial charge in [-0.1, -0.05) is 5.16 Å². The van der Waals surface area contributed by atoms with Gasteiger partial charge in [0.25, 0.3) is 0 Å². The smallest absolute Gasteiger partial charge is 0.334 e. The van der Waals surface area contributed by atoms with Crippen molar-refractivity contribution in [3.63, 3.8) is 0 Å². The highest BCUT2D eigenvalue weighted by molar-refractivity contribution is 7.54. The average Bonchev–Trinajstić information content (AvgIpc) is 2.02. The lowest BCUT2D eigenvalue weighted by molar-refractivity contribution is 0.209. The van der Waals surface area contributed by atoms with Gasteiger partial charge in [-0.15, -0.1) is 0 Å². The fourth-order valence-electron chi connectivity index (χ4n) is 1.40. The maximum absolute atomic E-state index is 12.1. The molecule has 1 rings (SSSR count). The van der Waals surface area contributed by atoms with Crippen LogP contribution in [0.3, 0.4) is 0 Å². The molecule has 0 radical (unpaired) electrons. The van der Waals surface area contributed by atoms with Crippen molar-refractivity contribution in [2.45, 2.75) is 32.3 Å². The normalized spacial score (nSPS) is 21.9. The first-order chi connectivity index (χ1) is 6.66. The van der Waals surface area contributed by atoms with Crippen molar-refractivity contribution >= 4 is 13.3 Å². The average molecular weight is 221 g/mol. The van der Waals surface area contributed by atoms with Crippen LogP contribution in [0.25, 0.3) is 0 Å². The first kappa shape index (κ1) is 11.7. The lowest BCUT2D eigenvalue weighted by atomic mass is 9.97. The fourth-order valence-corrected chi connectivity index (χ4v) is 3.48. The number of oxime groups is 1. The van der Waals surface area contributed by atoms with Gasteiger partial charge in [-0.2, -0.15) is 0 Å². The maximum Gasteiger partial charge on any atom is 0.334 e. The van der Waals surface area contributed by atoms with Crippen molar-refractivity contribution in [2.24, 2.45) is 5.16 Å². The molecule has 5 nitrogen and oxygen atoms in total. The largest absolute Gasteiger partial charge is 0.411 e. The molecule has 0 bridgehead atoms. The molecule has 0 aliphatic heterocycles. The van der Waals surface area contributed by atoms with Crippen LogP contribution in [0.2, 0.25) is 0 Å². The molecule has 0 heterocycles. The molecule has 14 heavy (non-hydrogen) atoms. The first-order valence-corrected chi connectivity index (χ1v) is 6.36. The summed E-state index contributed by atoms with van der Waals surface area (Å²) in [5, 5.41) is 11.5. The lowest BCUT2D eigenvalue weighted by Gasteiger charge is -2.32. The van der Waals surface area contributed by atoms with E-state index in [1.54, 1.807) is 13.8 Å². The molecule has 0 unspecified atom stereocenters. The Morgan fingerprint density at radius 3 is 2.29 bits per heavy atom. The van der Waals surface area contributed by atoms with Crippen LogP contribution in [0.4, 0.5) is 0 Å². The summed E-state index contributed by atoms with van der Waals surface area (Å²) in [6.07, 6.45) is 1.02. The summed E-state index contributed by atoms with van der Waals surface area (Å²) in [4.78, 5) is 0. The number of hydrogen-bond acceptors (Lipinski definition) is 5. The zero-order valence-electron chi connectivity index (χ0n) is 8.47. The maximum atomic E-state index is 12.1. The Balaban J connectivity index is 2.57. The lowest BCUT2D eigenvalue weighted by Crippen LogP contribution is -2.30. The standard InChI is InChI=1S/C8H16NO4P/c1-3-12-14(11,13-4-2)8-5-7(6-8)9-10/h8,10H,3-6H2,1-2H3. The zero-order chi connectivity index (χ0) is 10.6. The van der Waals surface area contributed by atoms with Gasteiger partial charge < -0.3 is 14.3 Å². The van der Waals surface area contributed by atoms with E-state index in [-0.39, 0.29) is 5.66 Å². The van der Waals surface area contributed by atoms with Crippen molar-refractivity contribution in [1.82, 2.24) is 0 Å². The van der Waals surface area contributed by atoms with Gasteiger partial charge in [0.15, 0.2) is 0 Å². The summed E-state index contributed by atoms with van der Waals surface area (Å²) in [5.41, 5.74) is 0.530. The van der Waals surface area contributed by atoms with Crippen LogP contribution in [0.5, 0.6) is 0 Å². The van der Waals surface area contributed by atoms with E-state index in [1.165, 1.54) is 0 Å². The van der Waals surface area contributed by atoms with Crippen molar-refractivity contribution < 1.29 is 18.8 Å². The second kappa shape index (κ2) is 4.91. The molecule has 0 spiro atoms. The molecule has 0 aromatic rings. The first-order valence-electron chi connectivity index (χ1n) is 4.74. The highest BCUT2D eigenvalue weighted by Gasteiger charge is 2.43. The Hall–Kier alpha value is -0.380. The molecule has 0 aromatic carbocycles. The third-order valence-corrected chi connectivity index (χ3v) is 4.64. The minimum atomic E-state index is -2.97. The molecular weight excluding hydrogens is 205 g/mol. The summed E-state index contributed by atoms with van der Waals surface area (Å²) < 4.78 is 22.4. The van der Waals surface area contributed by atoms with Crippen molar-refractivity contribution in [3.05, 3.63) is 0 Å². The monoisotopic (exact) mass is 221 g/mol. The quantitative estimate of drug-likeness (QED) is 0.439. The molecule has 1 saturated carbocycles. The molecule has 1 aliphatic rings. The van der Waals surface area contributed by atoms with Gasteiger partial charge in [-0.05, 0) is 13.8 Å². The van der Waals surface area contributed by atoms with Crippen molar-refractivity contribution in [2.75, 3.05) is 13.2 Å². The molecule has 1 aliphatic carbocycles. The van der Waals surface area contributed by atoms with Crippen LogP contribution in [0.1, 0.15) is 26.7 Å². The van der Waals surface area contributed by atoms with E-state index in [0.717, 1.165) is 0 Å². The summed E-state index contributed by atoms with van der Waals surface area (Å²) in [6.45, 7) is 4.31.